The summed E-state index contributed by atoms with van der Waals surface area (Å²) in [6.45, 7) is 4.82. The van der Waals surface area contributed by atoms with Crippen molar-refractivity contribution in [3.05, 3.63) is 28.5 Å². The highest BCUT2D eigenvalue weighted by Gasteiger charge is 2.12. The van der Waals surface area contributed by atoms with E-state index < -0.39 is 0 Å². The number of carbonyl (C=O) groups is 1. The fourth-order valence-corrected chi connectivity index (χ4v) is 2.07. The quantitative estimate of drug-likeness (QED) is 0.559. The highest BCUT2D eigenvalue weighted by atomic mass is 79.9. The molecule has 1 atom stereocenters. The maximum Gasteiger partial charge on any atom is 0.338 e. The average Bonchev–Trinajstić information content (AvgIpc) is 2.38. The Kier molecular flexibility index (Phi) is 6.94. The molecule has 0 bridgehead atoms. The van der Waals surface area contributed by atoms with Crippen molar-refractivity contribution < 1.29 is 9.53 Å². The number of nitrogens with zero attached hydrogens (tertiary/aromatic N) is 1. The number of aromatic nitrogens is 1. The lowest BCUT2D eigenvalue weighted by Crippen LogP contribution is -2.14. The molecular weight excluding hydrogens is 294 g/mol. The van der Waals surface area contributed by atoms with Gasteiger partial charge < -0.3 is 4.74 Å². The second-order valence-corrected chi connectivity index (χ2v) is 5.19. The van der Waals surface area contributed by atoms with Gasteiger partial charge >= 0.3 is 5.97 Å². The lowest BCUT2D eigenvalue weighted by molar-refractivity contribution is 0.0428. The molecule has 1 aromatic rings. The van der Waals surface area contributed by atoms with Crippen LogP contribution in [0.15, 0.2) is 22.9 Å². The molecule has 1 unspecified atom stereocenters. The lowest BCUT2D eigenvalue weighted by Gasteiger charge is -2.14. The first-order valence-corrected chi connectivity index (χ1v) is 7.25. The van der Waals surface area contributed by atoms with Gasteiger partial charge in [-0.15, -0.1) is 0 Å². The van der Waals surface area contributed by atoms with Crippen molar-refractivity contribution in [1.29, 1.82) is 0 Å². The first-order chi connectivity index (χ1) is 8.67. The van der Waals surface area contributed by atoms with E-state index in [0.29, 0.717) is 22.7 Å². The van der Waals surface area contributed by atoms with Crippen LogP contribution in [0.2, 0.25) is 0 Å². The molecule has 0 fully saturated rings. The molecule has 0 saturated carbocycles. The van der Waals surface area contributed by atoms with Gasteiger partial charge in [0.05, 0.1) is 12.2 Å². The normalized spacial score (nSPS) is 12.2. The molecule has 0 radical (unpaired) electrons. The van der Waals surface area contributed by atoms with Crippen molar-refractivity contribution >= 4 is 21.9 Å². The highest BCUT2D eigenvalue weighted by Crippen LogP contribution is 2.15. The third kappa shape index (κ3) is 5.17. The van der Waals surface area contributed by atoms with Crippen molar-refractivity contribution in [3.8, 4) is 0 Å². The van der Waals surface area contributed by atoms with Gasteiger partial charge in [-0.05, 0) is 40.4 Å². The first-order valence-electron chi connectivity index (χ1n) is 6.46. The Morgan fingerprint density at radius 3 is 2.89 bits per heavy atom. The van der Waals surface area contributed by atoms with E-state index in [9.17, 15) is 4.79 Å². The number of hydrogen-bond acceptors (Lipinski definition) is 3. The van der Waals surface area contributed by atoms with Gasteiger partial charge in [0.15, 0.2) is 0 Å². The monoisotopic (exact) mass is 313 g/mol. The minimum absolute atomic E-state index is 0.270. The van der Waals surface area contributed by atoms with Gasteiger partial charge in [0, 0.05) is 6.20 Å². The van der Waals surface area contributed by atoms with Crippen LogP contribution in [-0.4, -0.2) is 17.6 Å². The zero-order valence-corrected chi connectivity index (χ0v) is 12.6. The fourth-order valence-electron chi connectivity index (χ4n) is 1.70. The summed E-state index contributed by atoms with van der Waals surface area (Å²) in [6.07, 6.45) is 6.14. The Morgan fingerprint density at radius 1 is 1.50 bits per heavy atom. The molecule has 100 valence electrons. The zero-order chi connectivity index (χ0) is 13.4. The number of rotatable bonds is 7. The number of carbonyl (C=O) groups excluding carboxylic acids is 1. The van der Waals surface area contributed by atoms with Crippen molar-refractivity contribution in [1.82, 2.24) is 4.98 Å². The van der Waals surface area contributed by atoms with Crippen molar-refractivity contribution in [2.24, 2.45) is 5.92 Å². The number of halogens is 1. The molecule has 0 N–H and O–H groups in total. The van der Waals surface area contributed by atoms with E-state index in [-0.39, 0.29) is 5.97 Å². The van der Waals surface area contributed by atoms with Crippen LogP contribution < -0.4 is 0 Å². The minimum atomic E-state index is -0.270. The van der Waals surface area contributed by atoms with Crippen molar-refractivity contribution in [2.45, 2.75) is 39.5 Å². The number of ether oxygens (including phenoxy) is 1. The Balaban J connectivity index is 2.44. The lowest BCUT2D eigenvalue weighted by atomic mass is 10.0. The third-order valence-corrected chi connectivity index (χ3v) is 3.39. The van der Waals surface area contributed by atoms with Gasteiger partial charge in [-0.25, -0.2) is 9.78 Å². The molecule has 0 spiro atoms. The molecule has 3 nitrogen and oxygen atoms in total. The summed E-state index contributed by atoms with van der Waals surface area (Å²) < 4.78 is 5.99. The molecule has 0 aromatic carbocycles. The van der Waals surface area contributed by atoms with Crippen LogP contribution in [0.3, 0.4) is 0 Å². The maximum atomic E-state index is 11.8. The highest BCUT2D eigenvalue weighted by molar-refractivity contribution is 9.10. The number of unbranched alkanes of at least 4 members (excludes halogenated alkanes) is 1. The molecule has 0 amide bonds. The van der Waals surface area contributed by atoms with Gasteiger partial charge in [0.2, 0.25) is 0 Å². The summed E-state index contributed by atoms with van der Waals surface area (Å²) in [5, 5.41) is 0. The minimum Gasteiger partial charge on any atom is -0.462 e. The molecule has 0 aliphatic rings. The van der Waals surface area contributed by atoms with Gasteiger partial charge in [-0.2, -0.15) is 0 Å². The van der Waals surface area contributed by atoms with Crippen LogP contribution in [-0.2, 0) is 4.74 Å². The van der Waals surface area contributed by atoms with Crippen LogP contribution in [0.25, 0.3) is 0 Å². The molecule has 1 rings (SSSR count). The number of pyridine rings is 1. The van der Waals surface area contributed by atoms with Crippen LogP contribution in [0, 0.1) is 5.92 Å². The van der Waals surface area contributed by atoms with E-state index in [1.165, 1.54) is 12.8 Å². The van der Waals surface area contributed by atoms with Gasteiger partial charge in [-0.1, -0.05) is 33.1 Å². The van der Waals surface area contributed by atoms with Gasteiger partial charge in [-0.3, -0.25) is 0 Å². The molecule has 18 heavy (non-hydrogen) atoms. The van der Waals surface area contributed by atoms with Crippen LogP contribution in [0.5, 0.6) is 0 Å². The molecular formula is C14H20BrNO2. The van der Waals surface area contributed by atoms with E-state index in [2.05, 4.69) is 34.8 Å². The number of hydrogen-bond donors (Lipinski definition) is 0. The summed E-state index contributed by atoms with van der Waals surface area (Å²) in [7, 11) is 0. The van der Waals surface area contributed by atoms with Crippen LogP contribution in [0.4, 0.5) is 0 Å². The molecule has 0 aliphatic heterocycles. The number of esters is 1. The summed E-state index contributed by atoms with van der Waals surface area (Å²) >= 11 is 3.24. The fraction of sp³-hybridized carbons (Fsp3) is 0.571. The second kappa shape index (κ2) is 8.25. The molecule has 1 heterocycles. The molecule has 0 saturated heterocycles. The second-order valence-electron chi connectivity index (χ2n) is 4.38. The SMILES string of the molecule is CCCCC(CC)COC(=O)c1ccnc(Br)c1. The maximum absolute atomic E-state index is 11.8. The first kappa shape index (κ1) is 15.2. The van der Waals surface area contributed by atoms with Gasteiger partial charge in [0.1, 0.15) is 4.60 Å². The van der Waals surface area contributed by atoms with E-state index in [1.54, 1.807) is 18.3 Å². The Bertz CT molecular complexity index is 382. The average molecular weight is 314 g/mol. The smallest absolute Gasteiger partial charge is 0.338 e. The molecule has 1 aromatic heterocycles. The Labute approximate surface area is 117 Å². The van der Waals surface area contributed by atoms with Crippen LogP contribution in [0.1, 0.15) is 49.9 Å². The van der Waals surface area contributed by atoms with E-state index >= 15 is 0 Å². The largest absolute Gasteiger partial charge is 0.462 e. The van der Waals surface area contributed by atoms with Crippen molar-refractivity contribution in [3.63, 3.8) is 0 Å². The zero-order valence-electron chi connectivity index (χ0n) is 11.0. The predicted octanol–water partition coefficient (Wildman–Crippen LogP) is 4.22. The van der Waals surface area contributed by atoms with E-state index in [4.69, 9.17) is 4.74 Å². The molecule has 4 heteroatoms. The predicted molar refractivity (Wildman–Crippen MR) is 75.5 cm³/mol. The Morgan fingerprint density at radius 2 is 2.28 bits per heavy atom. The summed E-state index contributed by atoms with van der Waals surface area (Å²) in [5.74, 6) is 0.201. The van der Waals surface area contributed by atoms with Crippen molar-refractivity contribution in [2.75, 3.05) is 6.61 Å². The topological polar surface area (TPSA) is 39.2 Å². The van der Waals surface area contributed by atoms with E-state index in [1.807, 2.05) is 0 Å². The summed E-state index contributed by atoms with van der Waals surface area (Å²) in [5.41, 5.74) is 0.544. The molecule has 0 aliphatic carbocycles. The van der Waals surface area contributed by atoms with Gasteiger partial charge in [0.25, 0.3) is 0 Å². The Hall–Kier alpha value is -0.900. The summed E-state index contributed by atoms with van der Waals surface area (Å²) in [4.78, 5) is 15.8. The van der Waals surface area contributed by atoms with E-state index in [0.717, 1.165) is 12.8 Å². The third-order valence-electron chi connectivity index (χ3n) is 2.96. The summed E-state index contributed by atoms with van der Waals surface area (Å²) in [6, 6.07) is 3.34. The van der Waals surface area contributed by atoms with Crippen LogP contribution >= 0.6 is 15.9 Å². The standard InChI is InChI=1S/C14H20BrNO2/c1-3-5-6-11(4-2)10-18-14(17)12-7-8-16-13(15)9-12/h7-9,11H,3-6,10H2,1-2H3.